The minimum Gasteiger partial charge on any atom is -0.294 e. The molecule has 1 aliphatic carbocycles. The summed E-state index contributed by atoms with van der Waals surface area (Å²) in [4.78, 5) is 12.1. The summed E-state index contributed by atoms with van der Waals surface area (Å²) in [5, 5.41) is 0. The van der Waals surface area contributed by atoms with E-state index in [1.165, 1.54) is 44.1 Å². The molecular weight excluding hydrogens is 208 g/mol. The van der Waals surface area contributed by atoms with Gasteiger partial charge in [0.25, 0.3) is 0 Å². The number of hydrogen-bond donors (Lipinski definition) is 0. The lowest BCUT2D eigenvalue weighted by atomic mass is 9.92. The first kappa shape index (κ1) is 12.3. The van der Waals surface area contributed by atoms with Crippen LogP contribution in [0.3, 0.4) is 0 Å². The van der Waals surface area contributed by atoms with E-state index in [9.17, 15) is 4.79 Å². The first-order valence-corrected chi connectivity index (χ1v) is 6.85. The molecule has 0 amide bonds. The monoisotopic (exact) mass is 230 g/mol. The quantitative estimate of drug-likeness (QED) is 0.550. The predicted molar refractivity (Wildman–Crippen MR) is 71.3 cm³/mol. The predicted octanol–water partition coefficient (Wildman–Crippen LogP) is 4.54. The molecule has 0 atom stereocenters. The summed E-state index contributed by atoms with van der Waals surface area (Å²) in [6, 6.07) is 7.99. The van der Waals surface area contributed by atoms with Crippen molar-refractivity contribution in [1.82, 2.24) is 0 Å². The first-order valence-electron chi connectivity index (χ1n) is 6.85. The van der Waals surface area contributed by atoms with Gasteiger partial charge in [-0.3, -0.25) is 4.79 Å². The lowest BCUT2D eigenvalue weighted by Crippen LogP contribution is -2.08. The van der Waals surface area contributed by atoms with Crippen LogP contribution in [0.5, 0.6) is 0 Å². The van der Waals surface area contributed by atoms with Crippen molar-refractivity contribution in [1.29, 1.82) is 0 Å². The van der Waals surface area contributed by atoms with Crippen LogP contribution in [0.2, 0.25) is 0 Å². The molecule has 1 heteroatoms. The molecule has 92 valence electrons. The third-order valence-electron chi connectivity index (χ3n) is 3.82. The number of rotatable bonds is 3. The van der Waals surface area contributed by atoms with Crippen LogP contribution < -0.4 is 0 Å². The van der Waals surface area contributed by atoms with Crippen LogP contribution in [0.25, 0.3) is 0 Å². The van der Waals surface area contributed by atoms with Crippen LogP contribution in [0.1, 0.15) is 60.9 Å². The first-order chi connectivity index (χ1) is 8.25. The Morgan fingerprint density at radius 1 is 1.06 bits per heavy atom. The molecule has 1 nitrogen and oxygen atoms in total. The summed E-state index contributed by atoms with van der Waals surface area (Å²) in [6.45, 7) is 2.06. The summed E-state index contributed by atoms with van der Waals surface area (Å²) in [5.41, 5.74) is 2.11. The number of carbonyl (C=O) groups is 1. The van der Waals surface area contributed by atoms with E-state index < -0.39 is 0 Å². The third kappa shape index (κ3) is 3.69. The fourth-order valence-corrected chi connectivity index (χ4v) is 2.69. The lowest BCUT2D eigenvalue weighted by molar-refractivity contribution is 0.0957. The van der Waals surface area contributed by atoms with Gasteiger partial charge in [-0.2, -0.15) is 0 Å². The smallest absolute Gasteiger partial charge is 0.163 e. The van der Waals surface area contributed by atoms with Crippen LogP contribution >= 0.6 is 0 Å². The van der Waals surface area contributed by atoms with E-state index in [1.54, 1.807) is 0 Å². The van der Waals surface area contributed by atoms with Gasteiger partial charge in [-0.05, 0) is 12.8 Å². The Balaban J connectivity index is 1.93. The van der Waals surface area contributed by atoms with E-state index in [4.69, 9.17) is 0 Å². The van der Waals surface area contributed by atoms with Gasteiger partial charge >= 0.3 is 0 Å². The summed E-state index contributed by atoms with van der Waals surface area (Å²) >= 11 is 0. The van der Waals surface area contributed by atoms with Gasteiger partial charge in [0.2, 0.25) is 0 Å². The minimum absolute atomic E-state index is 0.330. The molecule has 0 radical (unpaired) electrons. The van der Waals surface area contributed by atoms with Crippen molar-refractivity contribution in [3.8, 4) is 0 Å². The topological polar surface area (TPSA) is 17.1 Å². The fourth-order valence-electron chi connectivity index (χ4n) is 2.69. The number of aryl methyl sites for hydroxylation is 1. The van der Waals surface area contributed by atoms with E-state index in [2.05, 4.69) is 6.92 Å². The van der Waals surface area contributed by atoms with Crippen LogP contribution in [0.15, 0.2) is 24.3 Å². The zero-order valence-corrected chi connectivity index (χ0v) is 10.7. The van der Waals surface area contributed by atoms with Crippen molar-refractivity contribution in [3.05, 3.63) is 35.4 Å². The molecular formula is C16H22O. The highest BCUT2D eigenvalue weighted by atomic mass is 16.1. The number of hydrogen-bond acceptors (Lipinski definition) is 1. The van der Waals surface area contributed by atoms with Crippen LogP contribution in [0, 0.1) is 12.8 Å². The van der Waals surface area contributed by atoms with E-state index in [0.717, 1.165) is 12.0 Å². The van der Waals surface area contributed by atoms with Crippen molar-refractivity contribution in [2.75, 3.05) is 0 Å². The highest BCUT2D eigenvalue weighted by molar-refractivity contribution is 5.96. The van der Waals surface area contributed by atoms with Gasteiger partial charge in [0.1, 0.15) is 0 Å². The molecule has 0 N–H and O–H groups in total. The zero-order valence-electron chi connectivity index (χ0n) is 10.7. The summed E-state index contributed by atoms with van der Waals surface area (Å²) in [6.07, 6.45) is 8.58. The number of ketones is 1. The molecule has 1 aromatic rings. The zero-order chi connectivity index (χ0) is 12.1. The Kier molecular flexibility index (Phi) is 4.36. The van der Waals surface area contributed by atoms with Gasteiger partial charge in [0.05, 0.1) is 0 Å². The molecule has 1 saturated carbocycles. The average Bonchev–Trinajstić information content (AvgIpc) is 2.58. The fraction of sp³-hybridized carbons (Fsp3) is 0.562. The molecule has 0 saturated heterocycles. The number of Topliss-reactive ketones (excluding diaryl/α,β-unsaturated/α-hetero) is 1. The van der Waals surface area contributed by atoms with Gasteiger partial charge < -0.3 is 0 Å². The second kappa shape index (κ2) is 6.00. The molecule has 1 fully saturated rings. The van der Waals surface area contributed by atoms with Gasteiger partial charge in [-0.25, -0.2) is 0 Å². The lowest BCUT2D eigenvalue weighted by Gasteiger charge is -2.12. The van der Waals surface area contributed by atoms with Crippen molar-refractivity contribution in [3.63, 3.8) is 0 Å². The average molecular weight is 230 g/mol. The van der Waals surface area contributed by atoms with Crippen LogP contribution in [0.4, 0.5) is 0 Å². The van der Waals surface area contributed by atoms with Gasteiger partial charge in [-0.1, -0.05) is 68.4 Å². The second-order valence-corrected chi connectivity index (χ2v) is 5.35. The Hall–Kier alpha value is -1.11. The van der Waals surface area contributed by atoms with Gasteiger partial charge in [0, 0.05) is 12.0 Å². The van der Waals surface area contributed by atoms with Crippen LogP contribution in [-0.2, 0) is 0 Å². The largest absolute Gasteiger partial charge is 0.294 e. The highest BCUT2D eigenvalue weighted by Gasteiger charge is 2.16. The van der Waals surface area contributed by atoms with Crippen molar-refractivity contribution in [2.45, 2.75) is 51.9 Å². The molecule has 17 heavy (non-hydrogen) atoms. The van der Waals surface area contributed by atoms with E-state index >= 15 is 0 Å². The molecule has 0 heterocycles. The standard InChI is InChI=1S/C16H22O/c1-13-8-10-15(11-9-13)16(17)12-14-6-4-2-3-5-7-14/h8-11,14H,2-7,12H2,1H3. The Bertz CT molecular complexity index is 356. The van der Waals surface area contributed by atoms with E-state index in [-0.39, 0.29) is 0 Å². The SMILES string of the molecule is Cc1ccc(C(=O)CC2CCCCCC2)cc1. The number of carbonyl (C=O) groups excluding carboxylic acids is 1. The van der Waals surface area contributed by atoms with E-state index in [1.807, 2.05) is 24.3 Å². The summed E-state index contributed by atoms with van der Waals surface area (Å²) in [5.74, 6) is 0.961. The Morgan fingerprint density at radius 2 is 1.65 bits per heavy atom. The molecule has 2 rings (SSSR count). The normalized spacial score (nSPS) is 17.7. The summed E-state index contributed by atoms with van der Waals surface area (Å²) in [7, 11) is 0. The maximum Gasteiger partial charge on any atom is 0.163 e. The maximum absolute atomic E-state index is 12.1. The highest BCUT2D eigenvalue weighted by Crippen LogP contribution is 2.26. The molecule has 0 spiro atoms. The molecule has 1 aliphatic rings. The van der Waals surface area contributed by atoms with Crippen molar-refractivity contribution in [2.24, 2.45) is 5.92 Å². The van der Waals surface area contributed by atoms with Gasteiger partial charge in [-0.15, -0.1) is 0 Å². The number of benzene rings is 1. The minimum atomic E-state index is 0.330. The Labute approximate surface area is 104 Å². The van der Waals surface area contributed by atoms with E-state index in [0.29, 0.717) is 11.7 Å². The molecule has 0 unspecified atom stereocenters. The van der Waals surface area contributed by atoms with Crippen molar-refractivity contribution < 1.29 is 4.79 Å². The molecule has 0 bridgehead atoms. The second-order valence-electron chi connectivity index (χ2n) is 5.35. The summed E-state index contributed by atoms with van der Waals surface area (Å²) < 4.78 is 0. The van der Waals surface area contributed by atoms with Crippen molar-refractivity contribution >= 4 is 5.78 Å². The van der Waals surface area contributed by atoms with Crippen LogP contribution in [-0.4, -0.2) is 5.78 Å². The van der Waals surface area contributed by atoms with Gasteiger partial charge in [0.15, 0.2) is 5.78 Å². The third-order valence-corrected chi connectivity index (χ3v) is 3.82. The molecule has 0 aliphatic heterocycles. The Morgan fingerprint density at radius 3 is 2.24 bits per heavy atom. The molecule has 0 aromatic heterocycles. The maximum atomic E-state index is 12.1. The molecule has 1 aromatic carbocycles.